The van der Waals surface area contributed by atoms with Gasteiger partial charge < -0.3 is 14.9 Å². The third-order valence-electron chi connectivity index (χ3n) is 1.58. The number of hydrogen-bond acceptors (Lipinski definition) is 4. The van der Waals surface area contributed by atoms with Crippen LogP contribution in [0.5, 0.6) is 0 Å². The maximum absolute atomic E-state index is 10.6. The Morgan fingerprint density at radius 3 is 3.07 bits per heavy atom. The SMILES string of the molecule is C=C(OCC)c1cccnc1[N+](=O)[O-]. The Morgan fingerprint density at radius 1 is 1.79 bits per heavy atom. The molecule has 0 bridgehead atoms. The smallest absolute Gasteiger partial charge is 0.374 e. The van der Waals surface area contributed by atoms with Gasteiger partial charge in [-0.25, -0.2) is 0 Å². The van der Waals surface area contributed by atoms with E-state index < -0.39 is 4.92 Å². The van der Waals surface area contributed by atoms with Crippen LogP contribution in [0.2, 0.25) is 0 Å². The Morgan fingerprint density at radius 2 is 2.50 bits per heavy atom. The van der Waals surface area contributed by atoms with Gasteiger partial charge in [0.05, 0.1) is 6.61 Å². The van der Waals surface area contributed by atoms with Gasteiger partial charge in [0.25, 0.3) is 0 Å². The van der Waals surface area contributed by atoms with E-state index in [1.54, 1.807) is 19.1 Å². The van der Waals surface area contributed by atoms with E-state index in [4.69, 9.17) is 4.74 Å². The first-order valence-corrected chi connectivity index (χ1v) is 4.08. The summed E-state index contributed by atoms with van der Waals surface area (Å²) in [5, 5.41) is 10.6. The second kappa shape index (κ2) is 4.36. The van der Waals surface area contributed by atoms with Gasteiger partial charge in [0, 0.05) is 0 Å². The molecule has 14 heavy (non-hydrogen) atoms. The van der Waals surface area contributed by atoms with Crippen molar-refractivity contribution < 1.29 is 9.66 Å². The van der Waals surface area contributed by atoms with Crippen molar-refractivity contribution in [2.45, 2.75) is 6.92 Å². The lowest BCUT2D eigenvalue weighted by Crippen LogP contribution is -1.99. The fourth-order valence-electron chi connectivity index (χ4n) is 1.01. The topological polar surface area (TPSA) is 65.3 Å². The lowest BCUT2D eigenvalue weighted by Gasteiger charge is -2.05. The zero-order valence-corrected chi connectivity index (χ0v) is 7.77. The van der Waals surface area contributed by atoms with E-state index in [0.29, 0.717) is 12.2 Å². The number of pyridine rings is 1. The van der Waals surface area contributed by atoms with Crippen LogP contribution in [0, 0.1) is 10.1 Å². The van der Waals surface area contributed by atoms with E-state index in [0.717, 1.165) is 0 Å². The molecule has 1 aromatic heterocycles. The molecule has 0 saturated carbocycles. The summed E-state index contributed by atoms with van der Waals surface area (Å²) in [4.78, 5) is 13.7. The molecule has 0 atom stereocenters. The fraction of sp³-hybridized carbons (Fsp3) is 0.222. The van der Waals surface area contributed by atoms with E-state index in [1.165, 1.54) is 6.20 Å². The van der Waals surface area contributed by atoms with Gasteiger partial charge in [0.15, 0.2) is 0 Å². The summed E-state index contributed by atoms with van der Waals surface area (Å²) < 4.78 is 5.08. The normalized spacial score (nSPS) is 9.50. The summed E-state index contributed by atoms with van der Waals surface area (Å²) in [5.74, 6) is 0.0400. The van der Waals surface area contributed by atoms with Crippen molar-refractivity contribution >= 4 is 11.6 Å². The minimum absolute atomic E-state index is 0.231. The fourth-order valence-corrected chi connectivity index (χ4v) is 1.01. The Bertz CT molecular complexity index is 363. The van der Waals surface area contributed by atoms with Crippen LogP contribution < -0.4 is 0 Å². The molecule has 0 radical (unpaired) electrons. The lowest BCUT2D eigenvalue weighted by molar-refractivity contribution is -0.389. The van der Waals surface area contributed by atoms with E-state index in [-0.39, 0.29) is 11.6 Å². The molecule has 0 spiro atoms. The van der Waals surface area contributed by atoms with Crippen molar-refractivity contribution in [3.8, 4) is 0 Å². The number of nitrogens with zero attached hydrogens (tertiary/aromatic N) is 2. The molecule has 0 aliphatic heterocycles. The lowest BCUT2D eigenvalue weighted by atomic mass is 10.2. The van der Waals surface area contributed by atoms with Crippen molar-refractivity contribution in [2.24, 2.45) is 0 Å². The first kappa shape index (κ1) is 10.2. The first-order valence-electron chi connectivity index (χ1n) is 4.08. The third kappa shape index (κ3) is 2.07. The van der Waals surface area contributed by atoms with Crippen molar-refractivity contribution in [3.63, 3.8) is 0 Å². The molecule has 0 fully saturated rings. The highest BCUT2D eigenvalue weighted by molar-refractivity contribution is 5.64. The van der Waals surface area contributed by atoms with Gasteiger partial charge in [0.1, 0.15) is 17.5 Å². The van der Waals surface area contributed by atoms with Crippen molar-refractivity contribution in [1.29, 1.82) is 0 Å². The molecular weight excluding hydrogens is 184 g/mol. The predicted molar refractivity (Wildman–Crippen MR) is 51.6 cm³/mol. The second-order valence-corrected chi connectivity index (χ2v) is 2.49. The van der Waals surface area contributed by atoms with Crippen LogP contribution in [-0.4, -0.2) is 16.5 Å². The summed E-state index contributed by atoms with van der Waals surface area (Å²) >= 11 is 0. The molecule has 1 heterocycles. The molecule has 0 amide bonds. The number of hydrogen-bond donors (Lipinski definition) is 0. The van der Waals surface area contributed by atoms with Crippen LogP contribution in [0.1, 0.15) is 12.5 Å². The molecular formula is C9H10N2O3. The molecule has 74 valence electrons. The number of aromatic nitrogens is 1. The average molecular weight is 194 g/mol. The Labute approximate surface area is 81.2 Å². The van der Waals surface area contributed by atoms with Crippen molar-refractivity contribution in [1.82, 2.24) is 4.98 Å². The van der Waals surface area contributed by atoms with Gasteiger partial charge in [-0.2, -0.15) is 0 Å². The molecule has 0 saturated heterocycles. The van der Waals surface area contributed by atoms with Gasteiger partial charge in [-0.05, 0) is 29.0 Å². The average Bonchev–Trinajstić information content (AvgIpc) is 2.18. The highest BCUT2D eigenvalue weighted by Crippen LogP contribution is 2.22. The monoisotopic (exact) mass is 194 g/mol. The van der Waals surface area contributed by atoms with Crippen molar-refractivity contribution in [2.75, 3.05) is 6.61 Å². The molecule has 0 N–H and O–H groups in total. The molecule has 5 heteroatoms. The Hall–Kier alpha value is -1.91. The minimum atomic E-state index is -0.556. The molecule has 0 aliphatic carbocycles. The highest BCUT2D eigenvalue weighted by Gasteiger charge is 2.16. The van der Waals surface area contributed by atoms with Crippen LogP contribution in [0.4, 0.5) is 5.82 Å². The molecule has 0 unspecified atom stereocenters. The van der Waals surface area contributed by atoms with Crippen LogP contribution in [0.3, 0.4) is 0 Å². The summed E-state index contributed by atoms with van der Waals surface area (Å²) in [6, 6.07) is 3.16. The summed E-state index contributed by atoms with van der Waals surface area (Å²) in [5.41, 5.74) is 0.319. The number of rotatable bonds is 4. The number of ether oxygens (including phenoxy) is 1. The zero-order valence-electron chi connectivity index (χ0n) is 7.77. The van der Waals surface area contributed by atoms with Crippen LogP contribution in [0.15, 0.2) is 24.9 Å². The van der Waals surface area contributed by atoms with E-state index >= 15 is 0 Å². The van der Waals surface area contributed by atoms with E-state index in [1.807, 2.05) is 0 Å². The standard InChI is InChI=1S/C9H10N2O3/c1-3-14-7(2)8-5-4-6-10-9(8)11(12)13/h4-6H,2-3H2,1H3. The van der Waals surface area contributed by atoms with Crippen molar-refractivity contribution in [3.05, 3.63) is 40.6 Å². The third-order valence-corrected chi connectivity index (χ3v) is 1.58. The number of nitro groups is 1. The van der Waals surface area contributed by atoms with E-state index in [2.05, 4.69) is 11.6 Å². The van der Waals surface area contributed by atoms with Gasteiger partial charge in [-0.3, -0.25) is 0 Å². The summed E-state index contributed by atoms with van der Waals surface area (Å²) in [7, 11) is 0. The first-order chi connectivity index (χ1) is 6.66. The summed E-state index contributed by atoms with van der Waals surface area (Å²) in [6.45, 7) is 5.80. The van der Waals surface area contributed by atoms with Gasteiger partial charge in [-0.15, -0.1) is 0 Å². The zero-order chi connectivity index (χ0) is 10.6. The molecule has 0 aliphatic rings. The van der Waals surface area contributed by atoms with Gasteiger partial charge in [0.2, 0.25) is 0 Å². The van der Waals surface area contributed by atoms with E-state index in [9.17, 15) is 10.1 Å². The van der Waals surface area contributed by atoms with Crippen LogP contribution in [0.25, 0.3) is 5.76 Å². The maximum Gasteiger partial charge on any atom is 0.374 e. The molecule has 1 rings (SSSR count). The highest BCUT2D eigenvalue weighted by atomic mass is 16.6. The molecule has 1 aromatic rings. The van der Waals surface area contributed by atoms with Gasteiger partial charge >= 0.3 is 5.82 Å². The van der Waals surface area contributed by atoms with Crippen LogP contribution >= 0.6 is 0 Å². The largest absolute Gasteiger partial charge is 0.494 e. The second-order valence-electron chi connectivity index (χ2n) is 2.49. The summed E-state index contributed by atoms with van der Waals surface area (Å²) in [6.07, 6.45) is 1.36. The predicted octanol–water partition coefficient (Wildman–Crippen LogP) is 2.00. The molecule has 5 nitrogen and oxygen atoms in total. The maximum atomic E-state index is 10.6. The van der Waals surface area contributed by atoms with Gasteiger partial charge in [-0.1, -0.05) is 6.58 Å². The van der Waals surface area contributed by atoms with Crippen LogP contribution in [-0.2, 0) is 4.74 Å². The Kier molecular flexibility index (Phi) is 3.17. The quantitative estimate of drug-likeness (QED) is 0.417. The minimum Gasteiger partial charge on any atom is -0.494 e. The molecule has 0 aromatic carbocycles. The Balaban J connectivity index is 3.07.